The molecule has 1 amide bonds. The number of carbonyl (C=O) groups is 3. The van der Waals surface area contributed by atoms with Gasteiger partial charge in [0.05, 0.1) is 4.92 Å². The fraction of sp³-hybridized carbons (Fsp3) is 0.200. The smallest absolute Gasteiger partial charge is 0.308 e. The van der Waals surface area contributed by atoms with Crippen LogP contribution in [0.15, 0.2) is 47.6 Å². The first-order valence-electron chi connectivity index (χ1n) is 8.96. The third-order valence-electron chi connectivity index (χ3n) is 4.03. The highest BCUT2D eigenvalue weighted by Crippen LogP contribution is 2.36. The van der Waals surface area contributed by atoms with Crippen LogP contribution >= 0.6 is 0 Å². The first kappa shape index (κ1) is 21.4. The van der Waals surface area contributed by atoms with Crippen LogP contribution in [0.5, 0.6) is 11.5 Å². The summed E-state index contributed by atoms with van der Waals surface area (Å²) in [5.74, 6) is -1.74. The maximum Gasteiger partial charge on any atom is 0.308 e. The minimum atomic E-state index is -1.03. The van der Waals surface area contributed by atoms with Crippen molar-refractivity contribution < 1.29 is 33.5 Å². The van der Waals surface area contributed by atoms with Crippen LogP contribution in [0, 0.1) is 10.1 Å². The molecule has 0 fully saturated rings. The number of hydrazone groups is 1. The van der Waals surface area contributed by atoms with Crippen LogP contribution in [-0.4, -0.2) is 33.7 Å². The molecule has 2 aromatic carbocycles. The Balaban J connectivity index is 1.98. The summed E-state index contributed by atoms with van der Waals surface area (Å²) in [6, 6.07) is 9.90. The molecule has 0 spiro atoms. The number of hydrogen-bond donors (Lipinski definition) is 0. The van der Waals surface area contributed by atoms with Crippen molar-refractivity contribution in [3.05, 3.63) is 63.7 Å². The van der Waals surface area contributed by atoms with Gasteiger partial charge in [0.1, 0.15) is 0 Å². The zero-order valence-electron chi connectivity index (χ0n) is 16.7. The zero-order valence-corrected chi connectivity index (χ0v) is 16.7. The second kappa shape index (κ2) is 8.61. The lowest BCUT2D eigenvalue weighted by molar-refractivity contribution is -0.384. The molecule has 0 saturated carbocycles. The Morgan fingerprint density at radius 3 is 2.32 bits per heavy atom. The van der Waals surface area contributed by atoms with E-state index in [0.717, 1.165) is 5.01 Å². The predicted octanol–water partition coefficient (Wildman–Crippen LogP) is 2.68. The first-order valence-corrected chi connectivity index (χ1v) is 8.96. The molecule has 31 heavy (non-hydrogen) atoms. The van der Waals surface area contributed by atoms with E-state index in [1.165, 1.54) is 57.2 Å². The van der Waals surface area contributed by atoms with Crippen LogP contribution in [0.3, 0.4) is 0 Å². The third-order valence-corrected chi connectivity index (χ3v) is 4.03. The Labute approximate surface area is 176 Å². The van der Waals surface area contributed by atoms with Crippen molar-refractivity contribution in [3.8, 4) is 11.5 Å². The second-order valence-electron chi connectivity index (χ2n) is 6.44. The van der Waals surface area contributed by atoms with Crippen molar-refractivity contribution in [2.45, 2.75) is 27.0 Å². The molecule has 3 rings (SSSR count). The topological polar surface area (TPSA) is 138 Å². The van der Waals surface area contributed by atoms with E-state index in [1.54, 1.807) is 6.07 Å². The molecule has 0 unspecified atom stereocenters. The Morgan fingerprint density at radius 1 is 1.03 bits per heavy atom. The molecule has 1 aliphatic heterocycles. The van der Waals surface area contributed by atoms with Gasteiger partial charge < -0.3 is 14.2 Å². The average molecular weight is 427 g/mol. The summed E-state index contributed by atoms with van der Waals surface area (Å²) in [7, 11) is 0. The van der Waals surface area contributed by atoms with E-state index in [9.17, 15) is 24.5 Å². The normalized spacial score (nSPS) is 15.0. The van der Waals surface area contributed by atoms with Crippen molar-refractivity contribution in [2.75, 3.05) is 0 Å². The van der Waals surface area contributed by atoms with Gasteiger partial charge in [-0.15, -0.1) is 5.10 Å². The van der Waals surface area contributed by atoms with Gasteiger partial charge in [-0.3, -0.25) is 24.5 Å². The van der Waals surface area contributed by atoms with Crippen molar-refractivity contribution in [1.29, 1.82) is 0 Å². The quantitative estimate of drug-likeness (QED) is 0.307. The molecule has 0 bridgehead atoms. The molecular formula is C20H17N3O8. The van der Waals surface area contributed by atoms with E-state index in [0.29, 0.717) is 11.1 Å². The molecule has 0 aliphatic carbocycles. The number of nitrogens with zero attached hydrogens (tertiary/aromatic N) is 3. The standard InChI is InChI=1S/C20H17N3O8/c1-11(24)22-20(31-19(21-22)14-5-4-6-16(9-14)23(27)28)15-7-8-17(29-12(2)25)18(10-15)30-13(3)26/h4-10,20H,1-3H3/t20-/m1/s1. The molecule has 1 aliphatic rings. The number of hydrogen-bond acceptors (Lipinski definition) is 9. The summed E-state index contributed by atoms with van der Waals surface area (Å²) in [5, 5.41) is 16.2. The van der Waals surface area contributed by atoms with Crippen molar-refractivity contribution in [2.24, 2.45) is 5.10 Å². The first-order chi connectivity index (χ1) is 14.7. The number of esters is 2. The molecule has 2 aromatic rings. The number of non-ortho nitro benzene ring substituents is 1. The Hall–Kier alpha value is -4.28. The number of nitro groups is 1. The summed E-state index contributed by atoms with van der Waals surface area (Å²) in [6.07, 6.45) is -1.03. The van der Waals surface area contributed by atoms with Gasteiger partial charge in [0.2, 0.25) is 18.0 Å². The lowest BCUT2D eigenvalue weighted by Gasteiger charge is -2.20. The Bertz CT molecular complexity index is 1110. The summed E-state index contributed by atoms with van der Waals surface area (Å²) in [6.45, 7) is 3.65. The van der Waals surface area contributed by atoms with E-state index in [1.807, 2.05) is 0 Å². The minimum absolute atomic E-state index is 0.00185. The van der Waals surface area contributed by atoms with E-state index in [4.69, 9.17) is 14.2 Å². The van der Waals surface area contributed by atoms with Gasteiger partial charge in [0.25, 0.3) is 5.69 Å². The molecular weight excluding hydrogens is 410 g/mol. The number of ether oxygens (including phenoxy) is 3. The molecule has 11 nitrogen and oxygen atoms in total. The Morgan fingerprint density at radius 2 is 1.71 bits per heavy atom. The average Bonchev–Trinajstić information content (AvgIpc) is 3.14. The number of benzene rings is 2. The van der Waals surface area contributed by atoms with Crippen LogP contribution in [-0.2, 0) is 19.1 Å². The van der Waals surface area contributed by atoms with E-state index < -0.39 is 29.0 Å². The molecule has 1 heterocycles. The lowest BCUT2D eigenvalue weighted by Crippen LogP contribution is -2.25. The summed E-state index contributed by atoms with van der Waals surface area (Å²) >= 11 is 0. The van der Waals surface area contributed by atoms with Crippen LogP contribution in [0.1, 0.15) is 38.1 Å². The third kappa shape index (κ3) is 4.83. The molecule has 0 saturated heterocycles. The number of amides is 1. The molecule has 0 radical (unpaired) electrons. The van der Waals surface area contributed by atoms with Crippen molar-refractivity contribution in [1.82, 2.24) is 5.01 Å². The maximum atomic E-state index is 12.1. The van der Waals surface area contributed by atoms with Gasteiger partial charge in [0, 0.05) is 44.0 Å². The van der Waals surface area contributed by atoms with Crippen molar-refractivity contribution >= 4 is 29.4 Å². The monoisotopic (exact) mass is 427 g/mol. The highest BCUT2D eigenvalue weighted by atomic mass is 16.6. The molecule has 11 heteroatoms. The van der Waals surface area contributed by atoms with Gasteiger partial charge in [-0.2, -0.15) is 5.01 Å². The maximum absolute atomic E-state index is 12.1. The van der Waals surface area contributed by atoms with Gasteiger partial charge in [0.15, 0.2) is 11.5 Å². The SMILES string of the molecule is CC(=O)Oc1ccc([C@H]2OC(c3cccc([N+](=O)[O-])c3)=NN2C(C)=O)cc1OC(C)=O. The number of rotatable bonds is 5. The van der Waals surface area contributed by atoms with Crippen LogP contribution in [0.25, 0.3) is 0 Å². The van der Waals surface area contributed by atoms with Gasteiger partial charge >= 0.3 is 11.9 Å². The Kier molecular flexibility index (Phi) is 5.95. The van der Waals surface area contributed by atoms with Crippen LogP contribution in [0.4, 0.5) is 5.69 Å². The molecule has 0 aromatic heterocycles. The van der Waals surface area contributed by atoms with Crippen LogP contribution < -0.4 is 9.47 Å². The van der Waals surface area contributed by atoms with E-state index >= 15 is 0 Å². The molecule has 1 atom stereocenters. The highest BCUT2D eigenvalue weighted by Gasteiger charge is 2.34. The van der Waals surface area contributed by atoms with Gasteiger partial charge in [-0.1, -0.05) is 6.07 Å². The van der Waals surface area contributed by atoms with E-state index in [2.05, 4.69) is 5.10 Å². The second-order valence-corrected chi connectivity index (χ2v) is 6.44. The highest BCUT2D eigenvalue weighted by molar-refractivity contribution is 5.96. The summed E-state index contributed by atoms with van der Waals surface area (Å²) in [5.41, 5.74) is 0.510. The number of carbonyl (C=O) groups excluding carboxylic acids is 3. The predicted molar refractivity (Wildman–Crippen MR) is 105 cm³/mol. The number of nitro benzene ring substituents is 1. The van der Waals surface area contributed by atoms with Crippen LogP contribution in [0.2, 0.25) is 0 Å². The van der Waals surface area contributed by atoms with Crippen molar-refractivity contribution in [3.63, 3.8) is 0 Å². The molecule has 160 valence electrons. The zero-order chi connectivity index (χ0) is 22.7. The summed E-state index contributed by atoms with van der Waals surface area (Å²) in [4.78, 5) is 45.4. The fourth-order valence-corrected chi connectivity index (χ4v) is 2.80. The summed E-state index contributed by atoms with van der Waals surface area (Å²) < 4.78 is 15.9. The lowest BCUT2D eigenvalue weighted by atomic mass is 10.1. The minimum Gasteiger partial charge on any atom is -0.446 e. The van der Waals surface area contributed by atoms with Gasteiger partial charge in [-0.25, -0.2) is 0 Å². The fourth-order valence-electron chi connectivity index (χ4n) is 2.80. The van der Waals surface area contributed by atoms with E-state index in [-0.39, 0.29) is 23.1 Å². The largest absolute Gasteiger partial charge is 0.446 e. The van der Waals surface area contributed by atoms with Gasteiger partial charge in [-0.05, 0) is 24.3 Å². The molecule has 0 N–H and O–H groups in total.